The number of rotatable bonds is 10. The third-order valence-corrected chi connectivity index (χ3v) is 5.46. The van der Waals surface area contributed by atoms with Crippen molar-refractivity contribution in [1.29, 1.82) is 0 Å². The molecule has 0 unspecified atom stereocenters. The van der Waals surface area contributed by atoms with Crippen molar-refractivity contribution in [2.24, 2.45) is 0 Å². The molecule has 0 radical (unpaired) electrons. The number of nitrogens with one attached hydrogen (secondary N) is 2. The van der Waals surface area contributed by atoms with Crippen LogP contribution in [0.1, 0.15) is 43.6 Å². The predicted octanol–water partition coefficient (Wildman–Crippen LogP) is 5.42. The average Bonchev–Trinajstić information content (AvgIpc) is 3.12. The number of aryl methyl sites for hydroxylation is 2. The van der Waals surface area contributed by atoms with E-state index in [9.17, 15) is 0 Å². The highest BCUT2D eigenvalue weighted by molar-refractivity contribution is 6.31. The van der Waals surface area contributed by atoms with E-state index in [1.807, 2.05) is 50.4 Å². The van der Waals surface area contributed by atoms with E-state index in [4.69, 9.17) is 11.6 Å². The Morgan fingerprint density at radius 3 is 2.52 bits per heavy atom. The van der Waals surface area contributed by atoms with Crippen molar-refractivity contribution in [3.05, 3.63) is 53.1 Å². The van der Waals surface area contributed by atoms with Crippen LogP contribution in [0.3, 0.4) is 0 Å². The molecule has 0 fully saturated rings. The summed E-state index contributed by atoms with van der Waals surface area (Å²) in [6, 6.07) is 9.88. The molecule has 0 saturated carbocycles. The van der Waals surface area contributed by atoms with Crippen molar-refractivity contribution < 1.29 is 0 Å². The third-order valence-electron chi connectivity index (χ3n) is 5.23. The van der Waals surface area contributed by atoms with Gasteiger partial charge in [0.2, 0.25) is 0 Å². The Morgan fingerprint density at radius 2 is 1.68 bits per heavy atom. The van der Waals surface area contributed by atoms with E-state index in [1.54, 1.807) is 4.52 Å². The lowest BCUT2D eigenvalue weighted by molar-refractivity contribution is 0.634. The van der Waals surface area contributed by atoms with Crippen molar-refractivity contribution in [2.75, 3.05) is 23.7 Å². The van der Waals surface area contributed by atoms with E-state index in [-0.39, 0.29) is 0 Å². The number of anilines is 2. The Morgan fingerprint density at radius 1 is 0.903 bits per heavy atom. The highest BCUT2D eigenvalue weighted by atomic mass is 35.5. The molecule has 2 N–H and O–H groups in total. The van der Waals surface area contributed by atoms with Crippen LogP contribution >= 0.6 is 11.6 Å². The maximum absolute atomic E-state index is 6.06. The number of hydrogen-bond donors (Lipinski definition) is 2. The van der Waals surface area contributed by atoms with Gasteiger partial charge in [-0.3, -0.25) is 4.98 Å². The molecule has 31 heavy (non-hydrogen) atoms. The van der Waals surface area contributed by atoms with Crippen LogP contribution in [0.15, 0.2) is 36.5 Å². The van der Waals surface area contributed by atoms with E-state index >= 15 is 0 Å². The first-order valence-electron chi connectivity index (χ1n) is 10.8. The first-order chi connectivity index (χ1) is 15.1. The number of pyridine rings is 1. The SMILES string of the molecule is Cc1cc(NCCCCCCCNc2ccnc3cc(Cl)ccc23)n2nc(C)nc2n1. The lowest BCUT2D eigenvalue weighted by Crippen LogP contribution is -2.08. The van der Waals surface area contributed by atoms with Crippen LogP contribution in [-0.4, -0.2) is 37.7 Å². The molecule has 8 heteroatoms. The molecule has 4 aromatic rings. The Bertz CT molecular complexity index is 1170. The van der Waals surface area contributed by atoms with Crippen LogP contribution in [0.25, 0.3) is 16.7 Å². The normalized spacial score (nSPS) is 11.3. The van der Waals surface area contributed by atoms with Gasteiger partial charge in [0.05, 0.1) is 5.52 Å². The van der Waals surface area contributed by atoms with Gasteiger partial charge in [-0.25, -0.2) is 4.98 Å². The third kappa shape index (κ3) is 5.41. The minimum absolute atomic E-state index is 0.651. The van der Waals surface area contributed by atoms with Crippen molar-refractivity contribution >= 4 is 39.8 Å². The Hall–Kier alpha value is -2.93. The maximum Gasteiger partial charge on any atom is 0.254 e. The van der Waals surface area contributed by atoms with Crippen molar-refractivity contribution in [1.82, 2.24) is 24.6 Å². The number of hydrogen-bond acceptors (Lipinski definition) is 6. The summed E-state index contributed by atoms with van der Waals surface area (Å²) in [5.41, 5.74) is 2.99. The fourth-order valence-electron chi connectivity index (χ4n) is 3.71. The van der Waals surface area contributed by atoms with Gasteiger partial charge in [-0.15, -0.1) is 5.10 Å². The number of unbranched alkanes of at least 4 members (excludes halogenated alkanes) is 4. The largest absolute Gasteiger partial charge is 0.384 e. The summed E-state index contributed by atoms with van der Waals surface area (Å²) < 4.78 is 1.78. The maximum atomic E-state index is 6.06. The van der Waals surface area contributed by atoms with Crippen LogP contribution in [0, 0.1) is 13.8 Å². The fraction of sp³-hybridized carbons (Fsp3) is 0.391. The molecule has 0 aliphatic heterocycles. The lowest BCUT2D eigenvalue weighted by Gasteiger charge is -2.10. The van der Waals surface area contributed by atoms with Crippen LogP contribution in [-0.2, 0) is 0 Å². The molecule has 0 saturated heterocycles. The first-order valence-corrected chi connectivity index (χ1v) is 11.2. The number of benzene rings is 1. The van der Waals surface area contributed by atoms with Crippen molar-refractivity contribution in [2.45, 2.75) is 46.0 Å². The molecule has 162 valence electrons. The average molecular weight is 438 g/mol. The summed E-state index contributed by atoms with van der Waals surface area (Å²) in [5, 5.41) is 13.3. The molecular weight excluding hydrogens is 410 g/mol. The van der Waals surface area contributed by atoms with Crippen LogP contribution in [0.2, 0.25) is 5.02 Å². The monoisotopic (exact) mass is 437 g/mol. The highest BCUT2D eigenvalue weighted by Gasteiger charge is 2.07. The molecule has 0 aliphatic rings. The number of nitrogens with zero attached hydrogens (tertiary/aromatic N) is 5. The highest BCUT2D eigenvalue weighted by Crippen LogP contribution is 2.24. The Balaban J connectivity index is 1.15. The number of halogens is 1. The lowest BCUT2D eigenvalue weighted by atomic mass is 10.1. The second-order valence-electron chi connectivity index (χ2n) is 7.79. The minimum atomic E-state index is 0.651. The summed E-state index contributed by atoms with van der Waals surface area (Å²) >= 11 is 6.06. The van der Waals surface area contributed by atoms with Crippen molar-refractivity contribution in [3.63, 3.8) is 0 Å². The van der Waals surface area contributed by atoms with E-state index in [0.717, 1.165) is 59.9 Å². The molecule has 3 heterocycles. The van der Waals surface area contributed by atoms with Gasteiger partial charge in [-0.2, -0.15) is 9.50 Å². The van der Waals surface area contributed by atoms with Gasteiger partial charge in [0.1, 0.15) is 11.6 Å². The molecule has 4 rings (SSSR count). The number of fused-ring (bicyclic) bond motifs is 2. The van der Waals surface area contributed by atoms with Gasteiger partial charge >= 0.3 is 0 Å². The van der Waals surface area contributed by atoms with Crippen molar-refractivity contribution in [3.8, 4) is 0 Å². The molecule has 1 aromatic carbocycles. The fourth-order valence-corrected chi connectivity index (χ4v) is 3.87. The zero-order valence-electron chi connectivity index (χ0n) is 18.0. The van der Waals surface area contributed by atoms with Gasteiger partial charge in [0.15, 0.2) is 0 Å². The molecule has 0 amide bonds. The summed E-state index contributed by atoms with van der Waals surface area (Å²) in [6.45, 7) is 5.74. The molecule has 0 aliphatic carbocycles. The van der Waals surface area contributed by atoms with Crippen LogP contribution in [0.4, 0.5) is 11.5 Å². The topological polar surface area (TPSA) is 80.0 Å². The Kier molecular flexibility index (Phi) is 6.82. The molecular formula is C23H28ClN7. The standard InChI is InChI=1S/C23H28ClN7/c1-16-14-22(31-23(28-16)29-17(2)30-31)27-12-7-5-3-4-6-11-25-20-10-13-26-21-15-18(24)8-9-19(20)21/h8-10,13-15,27H,3-7,11-12H2,1-2H3,(H,25,26). The quantitative estimate of drug-likeness (QED) is 0.322. The number of aromatic nitrogens is 5. The second-order valence-corrected chi connectivity index (χ2v) is 8.23. The smallest absolute Gasteiger partial charge is 0.254 e. The zero-order valence-corrected chi connectivity index (χ0v) is 18.8. The van der Waals surface area contributed by atoms with Gasteiger partial charge in [-0.1, -0.05) is 30.9 Å². The first kappa shape index (κ1) is 21.3. The van der Waals surface area contributed by atoms with Crippen LogP contribution in [0.5, 0.6) is 0 Å². The van der Waals surface area contributed by atoms with Gasteiger partial charge in [0, 0.05) is 47.1 Å². The molecule has 3 aromatic heterocycles. The van der Waals surface area contributed by atoms with Gasteiger partial charge in [0.25, 0.3) is 5.78 Å². The zero-order chi connectivity index (χ0) is 21.6. The van der Waals surface area contributed by atoms with Gasteiger partial charge < -0.3 is 10.6 Å². The molecule has 7 nitrogen and oxygen atoms in total. The van der Waals surface area contributed by atoms with E-state index in [0.29, 0.717) is 10.8 Å². The summed E-state index contributed by atoms with van der Waals surface area (Å²) in [4.78, 5) is 13.2. The minimum Gasteiger partial charge on any atom is -0.384 e. The molecule has 0 atom stereocenters. The van der Waals surface area contributed by atoms with Gasteiger partial charge in [-0.05, 0) is 51.0 Å². The van der Waals surface area contributed by atoms with Crippen LogP contribution < -0.4 is 10.6 Å². The predicted molar refractivity (Wildman–Crippen MR) is 127 cm³/mol. The summed E-state index contributed by atoms with van der Waals surface area (Å²) in [6.07, 6.45) is 7.74. The van der Waals surface area contributed by atoms with E-state index in [2.05, 4.69) is 30.7 Å². The Labute approximate surface area is 187 Å². The molecule has 0 bridgehead atoms. The summed E-state index contributed by atoms with van der Waals surface area (Å²) in [5.74, 6) is 2.34. The molecule has 0 spiro atoms. The van der Waals surface area contributed by atoms with E-state index < -0.39 is 0 Å². The second kappa shape index (κ2) is 9.92. The summed E-state index contributed by atoms with van der Waals surface area (Å²) in [7, 11) is 0. The van der Waals surface area contributed by atoms with E-state index in [1.165, 1.54) is 19.3 Å².